The van der Waals surface area contributed by atoms with Crippen molar-refractivity contribution in [1.29, 1.82) is 0 Å². The number of hydrogen-bond donors (Lipinski definition) is 0. The van der Waals surface area contributed by atoms with Gasteiger partial charge in [0.25, 0.3) is 0 Å². The smallest absolute Gasteiger partial charge is 0.0772 e. The van der Waals surface area contributed by atoms with Crippen molar-refractivity contribution in [1.82, 2.24) is 0 Å². The molecule has 34 valence electrons. The summed E-state index contributed by atoms with van der Waals surface area (Å²) in [6.45, 7) is 2.92. The molecule has 0 aromatic carbocycles. The molecule has 1 atom stereocenters. The summed E-state index contributed by atoms with van der Waals surface area (Å²) in [4.78, 5) is 0. The second-order valence-corrected chi connectivity index (χ2v) is 1.08. The zero-order valence-corrected chi connectivity index (χ0v) is 3.70. The molecule has 4 heteroatoms. The van der Waals surface area contributed by atoms with Gasteiger partial charge in [0.15, 0.2) is 0 Å². The summed E-state index contributed by atoms with van der Waals surface area (Å²) in [7, 11) is 0. The number of rotatable bonds is 1. The first kappa shape index (κ1) is 5.56. The first-order chi connectivity index (χ1) is 2.77. The molecular weight excluding hydrogens is 102 g/mol. The van der Waals surface area contributed by atoms with Crippen LogP contribution in [0.4, 0.5) is 0 Å². The Hall–Kier alpha value is -0.440. The summed E-state index contributed by atoms with van der Waals surface area (Å²) < 4.78 is 21.3. The molecule has 0 aliphatic heterocycles. The number of hydrogen-bond acceptors (Lipinski definition) is 2. The fourth-order valence-corrected chi connectivity index (χ4v) is 0.158. The summed E-state index contributed by atoms with van der Waals surface area (Å²) in [5.41, 5.74) is 0. The lowest BCUT2D eigenvalue weighted by molar-refractivity contribution is 0.539. The van der Waals surface area contributed by atoms with Gasteiger partial charge in [-0.2, -0.15) is 4.40 Å². The maximum atomic E-state index is 9.33. The summed E-state index contributed by atoms with van der Waals surface area (Å²) in [6, 6.07) is 0. The van der Waals surface area contributed by atoms with Crippen molar-refractivity contribution in [2.75, 3.05) is 0 Å². The van der Waals surface area contributed by atoms with Crippen molar-refractivity contribution in [3.8, 4) is 0 Å². The molecule has 1 unspecified atom stereocenters. The monoisotopic (exact) mass is 104 g/mol. The van der Waals surface area contributed by atoms with Crippen molar-refractivity contribution in [2.45, 2.75) is 0 Å². The molecule has 0 fully saturated rings. The normalized spacial score (nSPS) is 12.2. The third kappa shape index (κ3) is 3.56. The molecule has 0 saturated heterocycles. The fourth-order valence-electron chi connectivity index (χ4n) is 0.0527. The van der Waals surface area contributed by atoms with E-state index in [1.165, 1.54) is 0 Å². The van der Waals surface area contributed by atoms with Crippen molar-refractivity contribution in [3.63, 3.8) is 0 Å². The van der Waals surface area contributed by atoms with E-state index < -0.39 is 11.3 Å². The van der Waals surface area contributed by atoms with Crippen LogP contribution in [0.15, 0.2) is 11.0 Å². The SMILES string of the molecule is C=C=NS(=O)[O-]. The molecule has 6 heavy (non-hydrogen) atoms. The second-order valence-electron chi connectivity index (χ2n) is 0.467. The van der Waals surface area contributed by atoms with Gasteiger partial charge in [0, 0.05) is 0 Å². The molecule has 0 aliphatic carbocycles. The van der Waals surface area contributed by atoms with Gasteiger partial charge in [-0.05, 0) is 12.4 Å². The van der Waals surface area contributed by atoms with Crippen LogP contribution in [0.1, 0.15) is 0 Å². The second kappa shape index (κ2) is 2.78. The molecule has 0 spiro atoms. The Balaban J connectivity index is 3.60. The zero-order chi connectivity index (χ0) is 4.99. The molecule has 0 radical (unpaired) electrons. The minimum atomic E-state index is -2.36. The third-order valence-corrected chi connectivity index (χ3v) is 0.417. The van der Waals surface area contributed by atoms with Gasteiger partial charge < -0.3 is 4.55 Å². The van der Waals surface area contributed by atoms with Crippen molar-refractivity contribution in [3.05, 3.63) is 6.58 Å². The van der Waals surface area contributed by atoms with Crippen LogP contribution in [-0.4, -0.2) is 14.6 Å². The standard InChI is InChI=1S/C2H3NO2S/c1-2-3-6(4)5/h1H2,(H,4,5)/p-1. The van der Waals surface area contributed by atoms with Gasteiger partial charge >= 0.3 is 0 Å². The minimum Gasteiger partial charge on any atom is -0.753 e. The van der Waals surface area contributed by atoms with Gasteiger partial charge in [-0.25, -0.2) is 4.21 Å². The Morgan fingerprint density at radius 1 is 2.00 bits per heavy atom. The third-order valence-electron chi connectivity index (χ3n) is 0.139. The average Bonchev–Trinajstić information content (AvgIpc) is 1.35. The molecular formula is C2H2NO2S-. The summed E-state index contributed by atoms with van der Waals surface area (Å²) in [5.74, 6) is 1.83. The van der Waals surface area contributed by atoms with Crippen LogP contribution in [0.3, 0.4) is 0 Å². The molecule has 0 bridgehead atoms. The summed E-state index contributed by atoms with van der Waals surface area (Å²) in [6.07, 6.45) is 0. The van der Waals surface area contributed by atoms with Crippen LogP contribution >= 0.6 is 0 Å². The lowest BCUT2D eigenvalue weighted by Crippen LogP contribution is -1.74. The molecule has 0 N–H and O–H groups in total. The predicted octanol–water partition coefficient (Wildman–Crippen LogP) is -0.364. The zero-order valence-electron chi connectivity index (χ0n) is 2.88. The van der Waals surface area contributed by atoms with Gasteiger partial charge in [0.05, 0.1) is 11.3 Å². The lowest BCUT2D eigenvalue weighted by Gasteiger charge is -1.86. The Morgan fingerprint density at radius 2 is 2.50 bits per heavy atom. The highest BCUT2D eigenvalue weighted by Gasteiger charge is 1.55. The summed E-state index contributed by atoms with van der Waals surface area (Å²) in [5, 5.41) is 0. The van der Waals surface area contributed by atoms with Gasteiger partial charge in [0.1, 0.15) is 0 Å². The van der Waals surface area contributed by atoms with Crippen LogP contribution in [0.25, 0.3) is 0 Å². The highest BCUT2D eigenvalue weighted by molar-refractivity contribution is 7.77. The van der Waals surface area contributed by atoms with E-state index in [-0.39, 0.29) is 0 Å². The molecule has 0 aliphatic rings. The van der Waals surface area contributed by atoms with Gasteiger partial charge in [-0.1, -0.05) is 0 Å². The van der Waals surface area contributed by atoms with Crippen molar-refractivity contribution >= 4 is 17.1 Å². The van der Waals surface area contributed by atoms with Crippen molar-refractivity contribution < 1.29 is 8.76 Å². The Morgan fingerprint density at radius 3 is 2.50 bits per heavy atom. The number of nitrogens with zero attached hydrogens (tertiary/aromatic N) is 1. The first-order valence-electron chi connectivity index (χ1n) is 1.09. The Bertz CT molecular complexity index is 104. The van der Waals surface area contributed by atoms with E-state index in [0.29, 0.717) is 0 Å². The van der Waals surface area contributed by atoms with E-state index >= 15 is 0 Å². The maximum absolute atomic E-state index is 9.33. The fraction of sp³-hybridized carbons (Fsp3) is 0. The molecule has 0 aromatic rings. The molecule has 0 saturated carbocycles. The highest BCUT2D eigenvalue weighted by Crippen LogP contribution is 1.64. The average molecular weight is 104 g/mol. The first-order valence-corrected chi connectivity index (χ1v) is 2.12. The van der Waals surface area contributed by atoms with E-state index in [0.717, 1.165) is 0 Å². The lowest BCUT2D eigenvalue weighted by atomic mass is 11.2. The molecule has 0 heterocycles. The quantitative estimate of drug-likeness (QED) is 0.337. The molecule has 0 amide bonds. The van der Waals surface area contributed by atoms with Crippen LogP contribution in [-0.2, 0) is 11.3 Å². The van der Waals surface area contributed by atoms with Crippen LogP contribution in [0.5, 0.6) is 0 Å². The van der Waals surface area contributed by atoms with E-state index in [1.54, 1.807) is 0 Å². The molecule has 3 nitrogen and oxygen atoms in total. The van der Waals surface area contributed by atoms with Crippen molar-refractivity contribution in [2.24, 2.45) is 4.40 Å². The van der Waals surface area contributed by atoms with Gasteiger partial charge in [-0.3, -0.25) is 0 Å². The maximum Gasteiger partial charge on any atom is 0.0772 e. The Labute approximate surface area is 37.8 Å². The minimum absolute atomic E-state index is 1.83. The Kier molecular flexibility index (Phi) is 2.58. The highest BCUT2D eigenvalue weighted by atomic mass is 32.2. The van der Waals surface area contributed by atoms with E-state index in [4.69, 9.17) is 0 Å². The largest absolute Gasteiger partial charge is 0.753 e. The van der Waals surface area contributed by atoms with Crippen LogP contribution in [0, 0.1) is 0 Å². The van der Waals surface area contributed by atoms with Gasteiger partial charge in [-0.15, -0.1) is 0 Å². The molecule has 0 rings (SSSR count). The van der Waals surface area contributed by atoms with E-state index in [9.17, 15) is 8.76 Å². The topological polar surface area (TPSA) is 52.5 Å². The van der Waals surface area contributed by atoms with E-state index in [2.05, 4.69) is 11.0 Å². The van der Waals surface area contributed by atoms with E-state index in [1.807, 2.05) is 5.87 Å². The van der Waals surface area contributed by atoms with Crippen LogP contribution < -0.4 is 0 Å². The molecule has 0 aromatic heterocycles. The van der Waals surface area contributed by atoms with Gasteiger partial charge in [0.2, 0.25) is 0 Å². The predicted molar refractivity (Wildman–Crippen MR) is 22.0 cm³/mol. The summed E-state index contributed by atoms with van der Waals surface area (Å²) >= 11 is -2.36. The van der Waals surface area contributed by atoms with Crippen LogP contribution in [0.2, 0.25) is 0 Å².